The first-order valence-corrected chi connectivity index (χ1v) is 7.90. The van der Waals surface area contributed by atoms with Gasteiger partial charge in [0.25, 0.3) is 0 Å². The molecule has 2 nitrogen and oxygen atoms in total. The predicted octanol–water partition coefficient (Wildman–Crippen LogP) is 4.24. The van der Waals surface area contributed by atoms with Gasteiger partial charge in [0.15, 0.2) is 0 Å². The number of hydrogen-bond donors (Lipinski definition) is 1. The number of nitrogens with one attached hydrogen (secondary N) is 1. The van der Waals surface area contributed by atoms with Gasteiger partial charge in [-0.15, -0.1) is 11.3 Å². The lowest BCUT2D eigenvalue weighted by Crippen LogP contribution is -2.27. The van der Waals surface area contributed by atoms with E-state index in [0.717, 1.165) is 28.4 Å². The minimum absolute atomic E-state index is 0.360. The maximum Gasteiger partial charge on any atom is 0.107 e. The van der Waals surface area contributed by atoms with Gasteiger partial charge in [-0.1, -0.05) is 18.5 Å². The van der Waals surface area contributed by atoms with Crippen LogP contribution >= 0.6 is 38.9 Å². The molecule has 1 saturated heterocycles. The van der Waals surface area contributed by atoms with Crippen molar-refractivity contribution in [3.05, 3.63) is 19.8 Å². The van der Waals surface area contributed by atoms with Crippen LogP contribution < -0.4 is 5.32 Å². The first-order valence-electron chi connectivity index (χ1n) is 5.91. The van der Waals surface area contributed by atoms with Gasteiger partial charge in [-0.3, -0.25) is 0 Å². The molecule has 0 amide bonds. The molecule has 1 aliphatic heterocycles. The van der Waals surface area contributed by atoms with E-state index < -0.39 is 0 Å². The minimum atomic E-state index is 0.360. The van der Waals surface area contributed by atoms with Crippen LogP contribution in [0.1, 0.15) is 31.2 Å². The van der Waals surface area contributed by atoms with Crippen molar-refractivity contribution in [3.8, 4) is 0 Å². The van der Waals surface area contributed by atoms with E-state index >= 15 is 0 Å². The monoisotopic (exact) mass is 337 g/mol. The molecular weight excluding hydrogens is 322 g/mol. The highest BCUT2D eigenvalue weighted by Gasteiger charge is 2.31. The zero-order chi connectivity index (χ0) is 12.4. The van der Waals surface area contributed by atoms with Crippen molar-refractivity contribution < 1.29 is 4.74 Å². The summed E-state index contributed by atoms with van der Waals surface area (Å²) >= 11 is 11.2. The third kappa shape index (κ3) is 3.24. The molecule has 1 aromatic heterocycles. The summed E-state index contributed by atoms with van der Waals surface area (Å²) in [5.74, 6) is 0.548. The highest BCUT2D eigenvalue weighted by molar-refractivity contribution is 9.10. The lowest BCUT2D eigenvalue weighted by atomic mass is 9.95. The Morgan fingerprint density at radius 1 is 1.71 bits per heavy atom. The Balaban J connectivity index is 2.16. The Hall–Kier alpha value is 0.390. The lowest BCUT2D eigenvalue weighted by molar-refractivity contribution is 0.117. The Labute approximate surface area is 120 Å². The van der Waals surface area contributed by atoms with Crippen LogP contribution in [0.2, 0.25) is 4.34 Å². The summed E-state index contributed by atoms with van der Waals surface area (Å²) < 4.78 is 7.49. The molecule has 0 aromatic carbocycles. The summed E-state index contributed by atoms with van der Waals surface area (Å²) in [7, 11) is 0. The molecular formula is C12H17BrClNOS. The Morgan fingerprint density at radius 3 is 2.94 bits per heavy atom. The maximum atomic E-state index is 6.12. The van der Waals surface area contributed by atoms with Crippen molar-refractivity contribution in [2.45, 2.75) is 32.4 Å². The van der Waals surface area contributed by atoms with Gasteiger partial charge in [-0.2, -0.15) is 0 Å². The van der Waals surface area contributed by atoms with Gasteiger partial charge in [-0.05, 0) is 41.9 Å². The molecule has 0 bridgehead atoms. The minimum Gasteiger partial charge on any atom is -0.378 e. The molecule has 2 rings (SSSR count). The topological polar surface area (TPSA) is 21.3 Å². The van der Waals surface area contributed by atoms with Crippen LogP contribution in [0.25, 0.3) is 0 Å². The van der Waals surface area contributed by atoms with Crippen molar-refractivity contribution >= 4 is 38.9 Å². The molecule has 17 heavy (non-hydrogen) atoms. The summed E-state index contributed by atoms with van der Waals surface area (Å²) in [4.78, 5) is 1.30. The fourth-order valence-electron chi connectivity index (χ4n) is 2.32. The standard InChI is InChI=1S/C12H17BrClNOS/c1-3-15-11(8-4-7(2)16-6-8)10-5-9(13)12(14)17-10/h5,7-8,11,15H,3-4,6H2,1-2H3. The molecule has 1 aromatic rings. The largest absolute Gasteiger partial charge is 0.378 e. The summed E-state index contributed by atoms with van der Waals surface area (Å²) in [6.07, 6.45) is 1.49. The van der Waals surface area contributed by atoms with Gasteiger partial charge in [0, 0.05) is 21.3 Å². The summed E-state index contributed by atoms with van der Waals surface area (Å²) in [6, 6.07) is 2.49. The van der Waals surface area contributed by atoms with Crippen molar-refractivity contribution in [1.29, 1.82) is 0 Å². The second-order valence-electron chi connectivity index (χ2n) is 4.45. The lowest BCUT2D eigenvalue weighted by Gasteiger charge is -2.22. The molecule has 1 N–H and O–H groups in total. The average molecular weight is 339 g/mol. The normalized spacial score (nSPS) is 26.4. The Morgan fingerprint density at radius 2 is 2.47 bits per heavy atom. The Kier molecular flexibility index (Phi) is 4.89. The van der Waals surface area contributed by atoms with E-state index in [-0.39, 0.29) is 0 Å². The molecule has 3 atom stereocenters. The number of ether oxygens (including phenoxy) is 1. The second-order valence-corrected chi connectivity index (χ2v) is 6.99. The number of thiophene rings is 1. The van der Waals surface area contributed by atoms with E-state index in [1.807, 2.05) is 0 Å². The molecule has 0 aliphatic carbocycles. The van der Waals surface area contributed by atoms with Gasteiger partial charge in [0.2, 0.25) is 0 Å². The van der Waals surface area contributed by atoms with Crippen molar-refractivity contribution in [2.24, 2.45) is 5.92 Å². The highest BCUT2D eigenvalue weighted by Crippen LogP contribution is 2.40. The van der Waals surface area contributed by atoms with E-state index in [9.17, 15) is 0 Å². The van der Waals surface area contributed by atoms with Crippen molar-refractivity contribution in [3.63, 3.8) is 0 Å². The van der Waals surface area contributed by atoms with Gasteiger partial charge < -0.3 is 10.1 Å². The summed E-state index contributed by atoms with van der Waals surface area (Å²) in [5.41, 5.74) is 0. The van der Waals surface area contributed by atoms with Crippen LogP contribution in [-0.2, 0) is 4.74 Å². The van der Waals surface area contributed by atoms with Crippen LogP contribution in [0.4, 0.5) is 0 Å². The first-order chi connectivity index (χ1) is 8.11. The molecule has 1 aliphatic rings. The molecule has 1 fully saturated rings. The third-order valence-corrected chi connectivity index (χ3v) is 5.65. The number of rotatable bonds is 4. The quantitative estimate of drug-likeness (QED) is 0.886. The highest BCUT2D eigenvalue weighted by atomic mass is 79.9. The first kappa shape index (κ1) is 13.8. The van der Waals surface area contributed by atoms with Crippen LogP contribution in [-0.4, -0.2) is 19.3 Å². The zero-order valence-electron chi connectivity index (χ0n) is 10.0. The smallest absolute Gasteiger partial charge is 0.107 e. The summed E-state index contributed by atoms with van der Waals surface area (Å²) in [6.45, 7) is 6.07. The molecule has 0 spiro atoms. The predicted molar refractivity (Wildman–Crippen MR) is 77.0 cm³/mol. The van der Waals surface area contributed by atoms with E-state index in [1.165, 1.54) is 4.88 Å². The Bertz CT molecular complexity index is 365. The van der Waals surface area contributed by atoms with E-state index in [1.54, 1.807) is 11.3 Å². The molecule has 0 radical (unpaired) electrons. The third-order valence-electron chi connectivity index (χ3n) is 3.10. The van der Waals surface area contributed by atoms with Crippen molar-refractivity contribution in [2.75, 3.05) is 13.2 Å². The zero-order valence-corrected chi connectivity index (χ0v) is 13.2. The number of halogens is 2. The average Bonchev–Trinajstić information content (AvgIpc) is 2.83. The molecule has 3 unspecified atom stereocenters. The van der Waals surface area contributed by atoms with Crippen LogP contribution in [0, 0.1) is 5.92 Å². The number of hydrogen-bond acceptors (Lipinski definition) is 3. The van der Waals surface area contributed by atoms with Gasteiger partial charge in [0.1, 0.15) is 4.34 Å². The SMILES string of the molecule is CCNC(c1cc(Br)c(Cl)s1)C1COC(C)C1. The summed E-state index contributed by atoms with van der Waals surface area (Å²) in [5, 5.41) is 3.55. The maximum absolute atomic E-state index is 6.12. The van der Waals surface area contributed by atoms with E-state index in [0.29, 0.717) is 18.1 Å². The fraction of sp³-hybridized carbons (Fsp3) is 0.667. The fourth-order valence-corrected chi connectivity index (χ4v) is 4.22. The van der Waals surface area contributed by atoms with Crippen LogP contribution in [0.3, 0.4) is 0 Å². The van der Waals surface area contributed by atoms with E-state index in [4.69, 9.17) is 16.3 Å². The molecule has 5 heteroatoms. The molecule has 0 saturated carbocycles. The molecule has 96 valence electrons. The van der Waals surface area contributed by atoms with E-state index in [2.05, 4.69) is 41.2 Å². The van der Waals surface area contributed by atoms with Crippen LogP contribution in [0.15, 0.2) is 10.5 Å². The van der Waals surface area contributed by atoms with Gasteiger partial charge >= 0.3 is 0 Å². The van der Waals surface area contributed by atoms with Crippen LogP contribution in [0.5, 0.6) is 0 Å². The van der Waals surface area contributed by atoms with Crippen molar-refractivity contribution in [1.82, 2.24) is 5.32 Å². The molecule has 2 heterocycles. The second kappa shape index (κ2) is 6.02. The van der Waals surface area contributed by atoms with Gasteiger partial charge in [0.05, 0.1) is 12.7 Å². The van der Waals surface area contributed by atoms with Gasteiger partial charge in [-0.25, -0.2) is 0 Å².